The maximum absolute atomic E-state index is 5.59. The Balaban J connectivity index is 2.17. The van der Waals surface area contributed by atoms with Crippen LogP contribution in [0.1, 0.15) is 17.2 Å². The zero-order valence-corrected chi connectivity index (χ0v) is 10.8. The van der Waals surface area contributed by atoms with Gasteiger partial charge < -0.3 is 0 Å². The van der Waals surface area contributed by atoms with Crippen LogP contribution in [0.2, 0.25) is 0 Å². The fraction of sp³-hybridized carbons (Fsp3) is 0.167. The van der Waals surface area contributed by atoms with Crippen molar-refractivity contribution in [3.63, 3.8) is 0 Å². The summed E-state index contributed by atoms with van der Waals surface area (Å²) in [4.78, 5) is 8.13. The molecule has 0 aromatic carbocycles. The summed E-state index contributed by atoms with van der Waals surface area (Å²) in [5.41, 5.74) is 5.05. The van der Waals surface area contributed by atoms with Gasteiger partial charge in [0, 0.05) is 29.3 Å². The van der Waals surface area contributed by atoms with Crippen LogP contribution in [0.5, 0.6) is 0 Å². The number of nitrogens with zero attached hydrogens (tertiary/aromatic N) is 2. The first-order valence-corrected chi connectivity index (χ1v) is 6.04. The molecule has 4 nitrogen and oxygen atoms in total. The Morgan fingerprint density at radius 1 is 1.24 bits per heavy atom. The number of hydrogen-bond acceptors (Lipinski definition) is 4. The predicted octanol–water partition coefficient (Wildman–Crippen LogP) is 1.99. The van der Waals surface area contributed by atoms with E-state index in [2.05, 4.69) is 31.3 Å². The molecule has 3 N–H and O–H groups in total. The number of halogens is 1. The molecular formula is C12H13BrN4. The Labute approximate surface area is 108 Å². The molecule has 2 rings (SSSR count). The molecule has 2 aromatic heterocycles. The summed E-state index contributed by atoms with van der Waals surface area (Å²) in [6.45, 7) is 0. The van der Waals surface area contributed by atoms with Crippen molar-refractivity contribution in [2.24, 2.45) is 5.84 Å². The standard InChI is InChI=1S/C12H13BrN4/c13-11-6-10(7-16-8-11)12(17-14)5-9-1-3-15-4-2-9/h1-4,6-8,12,17H,5,14H2. The predicted molar refractivity (Wildman–Crippen MR) is 69.9 cm³/mol. The average Bonchev–Trinajstić information content (AvgIpc) is 2.37. The first-order valence-electron chi connectivity index (χ1n) is 5.25. The molecule has 2 heterocycles. The lowest BCUT2D eigenvalue weighted by molar-refractivity contribution is 0.550. The topological polar surface area (TPSA) is 63.8 Å². The molecule has 0 aliphatic heterocycles. The van der Waals surface area contributed by atoms with Gasteiger partial charge >= 0.3 is 0 Å². The number of hydrogen-bond donors (Lipinski definition) is 2. The highest BCUT2D eigenvalue weighted by Gasteiger charge is 2.11. The number of nitrogens with one attached hydrogen (secondary N) is 1. The molecule has 17 heavy (non-hydrogen) atoms. The molecule has 0 saturated carbocycles. The second-order valence-corrected chi connectivity index (χ2v) is 4.63. The van der Waals surface area contributed by atoms with Gasteiger partial charge in [0.1, 0.15) is 0 Å². The minimum absolute atomic E-state index is 0.0439. The third-order valence-electron chi connectivity index (χ3n) is 2.52. The van der Waals surface area contributed by atoms with Crippen LogP contribution in [0.15, 0.2) is 47.5 Å². The fourth-order valence-electron chi connectivity index (χ4n) is 1.65. The Morgan fingerprint density at radius 3 is 2.65 bits per heavy atom. The average molecular weight is 293 g/mol. The molecule has 2 aromatic rings. The molecule has 0 saturated heterocycles. The van der Waals surface area contributed by atoms with Crippen LogP contribution in [0.4, 0.5) is 0 Å². The van der Waals surface area contributed by atoms with E-state index >= 15 is 0 Å². The van der Waals surface area contributed by atoms with Crippen molar-refractivity contribution in [1.82, 2.24) is 15.4 Å². The van der Waals surface area contributed by atoms with Gasteiger partial charge in [-0.2, -0.15) is 0 Å². The van der Waals surface area contributed by atoms with Crippen LogP contribution in [0, 0.1) is 0 Å². The summed E-state index contributed by atoms with van der Waals surface area (Å²) < 4.78 is 0.949. The molecule has 0 aliphatic rings. The molecule has 1 unspecified atom stereocenters. The smallest absolute Gasteiger partial charge is 0.0515 e. The summed E-state index contributed by atoms with van der Waals surface area (Å²) in [6.07, 6.45) is 7.93. The first-order chi connectivity index (χ1) is 8.29. The minimum Gasteiger partial charge on any atom is -0.271 e. The quantitative estimate of drug-likeness (QED) is 0.668. The fourth-order valence-corrected chi connectivity index (χ4v) is 2.03. The van der Waals surface area contributed by atoms with Gasteiger partial charge in [0.2, 0.25) is 0 Å². The van der Waals surface area contributed by atoms with Crippen molar-refractivity contribution in [1.29, 1.82) is 0 Å². The second kappa shape index (κ2) is 5.86. The summed E-state index contributed by atoms with van der Waals surface area (Å²) in [5.74, 6) is 5.59. The van der Waals surface area contributed by atoms with E-state index in [0.29, 0.717) is 0 Å². The van der Waals surface area contributed by atoms with E-state index in [1.165, 1.54) is 5.56 Å². The molecule has 0 radical (unpaired) electrons. The van der Waals surface area contributed by atoms with Crippen LogP contribution in [-0.2, 0) is 6.42 Å². The van der Waals surface area contributed by atoms with Crippen molar-refractivity contribution in [3.8, 4) is 0 Å². The van der Waals surface area contributed by atoms with Crippen molar-refractivity contribution in [3.05, 3.63) is 58.6 Å². The summed E-state index contributed by atoms with van der Waals surface area (Å²) in [7, 11) is 0. The highest BCUT2D eigenvalue weighted by molar-refractivity contribution is 9.10. The molecule has 0 fully saturated rings. The maximum Gasteiger partial charge on any atom is 0.0515 e. The number of aromatic nitrogens is 2. The van der Waals surface area contributed by atoms with E-state index in [1.807, 2.05) is 24.4 Å². The van der Waals surface area contributed by atoms with Gasteiger partial charge in [-0.1, -0.05) is 0 Å². The van der Waals surface area contributed by atoms with Gasteiger partial charge in [0.05, 0.1) is 6.04 Å². The van der Waals surface area contributed by atoms with E-state index < -0.39 is 0 Å². The normalized spacial score (nSPS) is 12.4. The number of rotatable bonds is 4. The van der Waals surface area contributed by atoms with E-state index in [1.54, 1.807) is 18.6 Å². The molecule has 0 spiro atoms. The van der Waals surface area contributed by atoms with Crippen molar-refractivity contribution in [2.75, 3.05) is 0 Å². The van der Waals surface area contributed by atoms with Crippen LogP contribution in [-0.4, -0.2) is 9.97 Å². The number of nitrogens with two attached hydrogens (primary N) is 1. The minimum atomic E-state index is 0.0439. The summed E-state index contributed by atoms with van der Waals surface area (Å²) in [6, 6.07) is 6.02. The van der Waals surface area contributed by atoms with Crippen molar-refractivity contribution >= 4 is 15.9 Å². The molecule has 88 valence electrons. The first kappa shape index (κ1) is 12.2. The third kappa shape index (κ3) is 3.33. The lowest BCUT2D eigenvalue weighted by atomic mass is 10.0. The molecule has 5 heteroatoms. The van der Waals surface area contributed by atoms with Gasteiger partial charge in [-0.15, -0.1) is 0 Å². The zero-order valence-electron chi connectivity index (χ0n) is 9.18. The summed E-state index contributed by atoms with van der Waals surface area (Å²) >= 11 is 3.40. The molecule has 0 aliphatic carbocycles. The lowest BCUT2D eigenvalue weighted by Crippen LogP contribution is -2.29. The van der Waals surface area contributed by atoms with Gasteiger partial charge in [-0.3, -0.25) is 21.2 Å². The number of pyridine rings is 2. The van der Waals surface area contributed by atoms with E-state index in [9.17, 15) is 0 Å². The van der Waals surface area contributed by atoms with Gasteiger partial charge in [0.25, 0.3) is 0 Å². The Morgan fingerprint density at radius 2 is 2.00 bits per heavy atom. The maximum atomic E-state index is 5.59. The van der Waals surface area contributed by atoms with Crippen LogP contribution in [0.3, 0.4) is 0 Å². The molecule has 0 amide bonds. The van der Waals surface area contributed by atoms with Crippen LogP contribution in [0.25, 0.3) is 0 Å². The number of hydrazine groups is 1. The SMILES string of the molecule is NNC(Cc1ccncc1)c1cncc(Br)c1. The van der Waals surface area contributed by atoms with E-state index in [4.69, 9.17) is 5.84 Å². The van der Waals surface area contributed by atoms with E-state index in [0.717, 1.165) is 16.5 Å². The van der Waals surface area contributed by atoms with Crippen LogP contribution < -0.4 is 11.3 Å². The second-order valence-electron chi connectivity index (χ2n) is 3.72. The highest BCUT2D eigenvalue weighted by atomic mass is 79.9. The van der Waals surface area contributed by atoms with Crippen LogP contribution >= 0.6 is 15.9 Å². The van der Waals surface area contributed by atoms with Gasteiger partial charge in [-0.25, -0.2) is 0 Å². The zero-order chi connectivity index (χ0) is 12.1. The Kier molecular flexibility index (Phi) is 4.19. The van der Waals surface area contributed by atoms with Crippen molar-refractivity contribution < 1.29 is 0 Å². The lowest BCUT2D eigenvalue weighted by Gasteiger charge is -2.16. The Bertz CT molecular complexity index is 475. The monoisotopic (exact) mass is 292 g/mol. The third-order valence-corrected chi connectivity index (χ3v) is 2.95. The summed E-state index contributed by atoms with van der Waals surface area (Å²) in [5, 5.41) is 0. The highest BCUT2D eigenvalue weighted by Crippen LogP contribution is 2.19. The van der Waals surface area contributed by atoms with Crippen molar-refractivity contribution in [2.45, 2.75) is 12.5 Å². The molecular weight excluding hydrogens is 280 g/mol. The van der Waals surface area contributed by atoms with E-state index in [-0.39, 0.29) is 6.04 Å². The van der Waals surface area contributed by atoms with Gasteiger partial charge in [0.15, 0.2) is 0 Å². The Hall–Kier alpha value is -1.30. The molecule has 0 bridgehead atoms. The largest absolute Gasteiger partial charge is 0.271 e. The van der Waals surface area contributed by atoms with Gasteiger partial charge in [-0.05, 0) is 51.7 Å². The molecule has 1 atom stereocenters.